The maximum atomic E-state index is 10.7. The molecular weight excluding hydrogens is 254 g/mol. The molecule has 2 aromatic rings. The molecule has 0 aliphatic rings. The molecule has 2 N–H and O–H groups in total. The summed E-state index contributed by atoms with van der Waals surface area (Å²) in [5, 5.41) is 15.8. The minimum atomic E-state index is -1.03. The van der Waals surface area contributed by atoms with E-state index in [4.69, 9.17) is 16.7 Å². The minimum Gasteiger partial charge on any atom is -0.465 e. The van der Waals surface area contributed by atoms with Gasteiger partial charge in [-0.1, -0.05) is 11.6 Å². The standard InChI is InChI=1S/C12H14ClN3O2/c1-12(2,15-11(17)18)7-8-5-9-3-4-14-16(9)10(13)6-8/h3-6,15H,7H2,1-2H3,(H,17,18). The highest BCUT2D eigenvalue weighted by atomic mass is 35.5. The molecule has 5 nitrogen and oxygen atoms in total. The van der Waals surface area contributed by atoms with E-state index in [1.54, 1.807) is 16.8 Å². The van der Waals surface area contributed by atoms with Crippen LogP contribution < -0.4 is 5.32 Å². The lowest BCUT2D eigenvalue weighted by Gasteiger charge is -2.24. The third-order valence-electron chi connectivity index (χ3n) is 2.60. The number of aromatic nitrogens is 2. The van der Waals surface area contributed by atoms with E-state index >= 15 is 0 Å². The molecule has 2 aromatic heterocycles. The Morgan fingerprint density at radius 2 is 2.28 bits per heavy atom. The monoisotopic (exact) mass is 267 g/mol. The van der Waals surface area contributed by atoms with Gasteiger partial charge in [-0.3, -0.25) is 0 Å². The molecule has 6 heteroatoms. The van der Waals surface area contributed by atoms with Crippen molar-refractivity contribution in [3.63, 3.8) is 0 Å². The van der Waals surface area contributed by atoms with Gasteiger partial charge in [-0.25, -0.2) is 9.31 Å². The predicted molar refractivity (Wildman–Crippen MR) is 69.1 cm³/mol. The van der Waals surface area contributed by atoms with Gasteiger partial charge in [0.1, 0.15) is 5.15 Å². The Bertz CT molecular complexity index is 592. The Balaban J connectivity index is 2.28. The molecule has 18 heavy (non-hydrogen) atoms. The summed E-state index contributed by atoms with van der Waals surface area (Å²) in [6, 6.07) is 5.60. The normalized spacial score (nSPS) is 11.7. The summed E-state index contributed by atoms with van der Waals surface area (Å²) < 4.78 is 1.63. The van der Waals surface area contributed by atoms with Crippen LogP contribution in [0.1, 0.15) is 19.4 Å². The van der Waals surface area contributed by atoms with E-state index in [0.717, 1.165) is 11.1 Å². The van der Waals surface area contributed by atoms with Crippen LogP contribution in [0.4, 0.5) is 4.79 Å². The molecular formula is C12H14ClN3O2. The number of amides is 1. The van der Waals surface area contributed by atoms with Crippen LogP contribution in [0.3, 0.4) is 0 Å². The first-order chi connectivity index (χ1) is 8.37. The molecule has 0 aliphatic carbocycles. The molecule has 0 aliphatic heterocycles. The lowest BCUT2D eigenvalue weighted by Crippen LogP contribution is -2.44. The van der Waals surface area contributed by atoms with Gasteiger partial charge in [0.15, 0.2) is 0 Å². The number of pyridine rings is 1. The molecule has 0 bridgehead atoms. The Hall–Kier alpha value is -1.75. The van der Waals surface area contributed by atoms with Gasteiger partial charge in [0, 0.05) is 5.54 Å². The number of hydrogen-bond donors (Lipinski definition) is 2. The van der Waals surface area contributed by atoms with Crippen molar-refractivity contribution in [1.29, 1.82) is 0 Å². The highest BCUT2D eigenvalue weighted by Gasteiger charge is 2.21. The van der Waals surface area contributed by atoms with E-state index in [9.17, 15) is 4.79 Å². The molecule has 0 spiro atoms. The van der Waals surface area contributed by atoms with Gasteiger partial charge in [0.2, 0.25) is 0 Å². The zero-order valence-corrected chi connectivity index (χ0v) is 10.9. The summed E-state index contributed by atoms with van der Waals surface area (Å²) >= 11 is 6.10. The number of halogens is 1. The van der Waals surface area contributed by atoms with Crippen LogP contribution in [-0.2, 0) is 6.42 Å². The Morgan fingerprint density at radius 3 is 2.94 bits per heavy atom. The fraction of sp³-hybridized carbons (Fsp3) is 0.333. The van der Waals surface area contributed by atoms with Gasteiger partial charge < -0.3 is 10.4 Å². The Labute approximate surface area is 109 Å². The first-order valence-corrected chi connectivity index (χ1v) is 5.88. The molecule has 0 saturated carbocycles. The third-order valence-corrected chi connectivity index (χ3v) is 2.87. The van der Waals surface area contributed by atoms with E-state index < -0.39 is 11.6 Å². The number of nitrogens with one attached hydrogen (secondary N) is 1. The van der Waals surface area contributed by atoms with Gasteiger partial charge in [-0.2, -0.15) is 5.10 Å². The topological polar surface area (TPSA) is 66.6 Å². The Kier molecular flexibility index (Phi) is 3.17. The summed E-state index contributed by atoms with van der Waals surface area (Å²) in [5.74, 6) is 0. The molecule has 0 unspecified atom stereocenters. The van der Waals surface area contributed by atoms with Crippen molar-refractivity contribution < 1.29 is 9.90 Å². The van der Waals surface area contributed by atoms with Crippen LogP contribution in [0, 0.1) is 0 Å². The quantitative estimate of drug-likeness (QED) is 0.840. The van der Waals surface area contributed by atoms with Crippen LogP contribution in [0.2, 0.25) is 5.15 Å². The van der Waals surface area contributed by atoms with Gasteiger partial charge in [0.25, 0.3) is 0 Å². The summed E-state index contributed by atoms with van der Waals surface area (Å²) in [6.07, 6.45) is 1.20. The molecule has 1 amide bonds. The predicted octanol–water partition coefficient (Wildman–Crippen LogP) is 2.58. The van der Waals surface area contributed by atoms with Crippen molar-refractivity contribution in [3.8, 4) is 0 Å². The molecule has 0 fully saturated rings. The number of nitrogens with zero attached hydrogens (tertiary/aromatic N) is 2. The van der Waals surface area contributed by atoms with Crippen LogP contribution in [0.15, 0.2) is 24.4 Å². The second-order valence-electron chi connectivity index (χ2n) is 4.85. The third kappa shape index (κ3) is 2.73. The van der Waals surface area contributed by atoms with Crippen molar-refractivity contribution >= 4 is 23.2 Å². The fourth-order valence-electron chi connectivity index (χ4n) is 1.99. The number of carboxylic acid groups (broad SMARTS) is 1. The number of carbonyl (C=O) groups is 1. The summed E-state index contributed by atoms with van der Waals surface area (Å²) in [7, 11) is 0. The fourth-order valence-corrected chi connectivity index (χ4v) is 2.27. The summed E-state index contributed by atoms with van der Waals surface area (Å²) in [4.78, 5) is 10.7. The van der Waals surface area contributed by atoms with E-state index in [-0.39, 0.29) is 0 Å². The zero-order valence-electron chi connectivity index (χ0n) is 10.1. The molecule has 0 atom stereocenters. The maximum Gasteiger partial charge on any atom is 0.405 e. The van der Waals surface area contributed by atoms with Crippen molar-refractivity contribution in [1.82, 2.24) is 14.9 Å². The van der Waals surface area contributed by atoms with E-state index in [1.807, 2.05) is 26.0 Å². The minimum absolute atomic E-state index is 0.513. The second kappa shape index (κ2) is 4.49. The van der Waals surface area contributed by atoms with Gasteiger partial charge in [-0.15, -0.1) is 0 Å². The molecule has 96 valence electrons. The van der Waals surface area contributed by atoms with Gasteiger partial charge in [-0.05, 0) is 44.0 Å². The molecule has 2 heterocycles. The lowest BCUT2D eigenvalue weighted by molar-refractivity contribution is 0.182. The van der Waals surface area contributed by atoms with Crippen molar-refractivity contribution in [2.75, 3.05) is 0 Å². The summed E-state index contributed by atoms with van der Waals surface area (Å²) in [5.41, 5.74) is 1.31. The largest absolute Gasteiger partial charge is 0.465 e. The molecule has 0 aromatic carbocycles. The molecule has 0 radical (unpaired) electrons. The van der Waals surface area contributed by atoms with E-state index in [0.29, 0.717) is 11.6 Å². The van der Waals surface area contributed by atoms with Crippen molar-refractivity contribution in [2.24, 2.45) is 0 Å². The lowest BCUT2D eigenvalue weighted by atomic mass is 9.95. The first-order valence-electron chi connectivity index (χ1n) is 5.51. The average Bonchev–Trinajstić information content (AvgIpc) is 2.62. The SMILES string of the molecule is CC(C)(Cc1cc(Cl)n2nccc2c1)NC(=O)O. The van der Waals surface area contributed by atoms with Crippen LogP contribution in [0.25, 0.3) is 5.52 Å². The van der Waals surface area contributed by atoms with Gasteiger partial charge >= 0.3 is 6.09 Å². The zero-order chi connectivity index (χ0) is 13.3. The number of rotatable bonds is 3. The molecule has 2 rings (SSSR count). The summed E-state index contributed by atoms with van der Waals surface area (Å²) in [6.45, 7) is 3.66. The smallest absolute Gasteiger partial charge is 0.405 e. The molecule has 0 saturated heterocycles. The number of hydrogen-bond acceptors (Lipinski definition) is 2. The maximum absolute atomic E-state index is 10.7. The van der Waals surface area contributed by atoms with Crippen LogP contribution in [-0.4, -0.2) is 26.4 Å². The Morgan fingerprint density at radius 1 is 1.56 bits per heavy atom. The van der Waals surface area contributed by atoms with E-state index in [2.05, 4.69) is 10.4 Å². The van der Waals surface area contributed by atoms with Crippen LogP contribution >= 0.6 is 11.6 Å². The highest BCUT2D eigenvalue weighted by Crippen LogP contribution is 2.19. The highest BCUT2D eigenvalue weighted by molar-refractivity contribution is 6.29. The van der Waals surface area contributed by atoms with Crippen molar-refractivity contribution in [2.45, 2.75) is 25.8 Å². The first kappa shape index (κ1) is 12.7. The second-order valence-corrected chi connectivity index (χ2v) is 5.23. The average molecular weight is 268 g/mol. The van der Waals surface area contributed by atoms with Crippen LogP contribution in [0.5, 0.6) is 0 Å². The van der Waals surface area contributed by atoms with Crippen molar-refractivity contribution in [3.05, 3.63) is 35.1 Å². The number of fused-ring (bicyclic) bond motifs is 1. The van der Waals surface area contributed by atoms with Gasteiger partial charge in [0.05, 0.1) is 11.7 Å². The van der Waals surface area contributed by atoms with E-state index in [1.165, 1.54) is 0 Å².